The molecule has 0 aliphatic carbocycles. The molecule has 18 heavy (non-hydrogen) atoms. The van der Waals surface area contributed by atoms with E-state index < -0.39 is 22.5 Å². The van der Waals surface area contributed by atoms with Crippen LogP contribution in [0.3, 0.4) is 0 Å². The molecule has 0 aromatic heterocycles. The predicted octanol–water partition coefficient (Wildman–Crippen LogP) is 0.344. The summed E-state index contributed by atoms with van der Waals surface area (Å²) in [5.41, 5.74) is 0.530. The number of rotatable bonds is 5. The van der Waals surface area contributed by atoms with E-state index in [1.54, 1.807) is 16.9 Å². The van der Waals surface area contributed by atoms with E-state index in [4.69, 9.17) is 4.74 Å². The van der Waals surface area contributed by atoms with Crippen LogP contribution in [0.25, 0.3) is 0 Å². The zero-order valence-corrected chi connectivity index (χ0v) is 10.8. The second kappa shape index (κ2) is 5.63. The van der Waals surface area contributed by atoms with E-state index in [9.17, 15) is 18.0 Å². The van der Waals surface area contributed by atoms with Gasteiger partial charge in [0.2, 0.25) is 10.0 Å². The minimum atomic E-state index is -3.57. The summed E-state index contributed by atoms with van der Waals surface area (Å²) in [5, 5.41) is 0. The number of ether oxygens (including phenoxy) is 1. The lowest BCUT2D eigenvalue weighted by molar-refractivity contribution is -0.121. The lowest BCUT2D eigenvalue weighted by Crippen LogP contribution is -2.33. The van der Waals surface area contributed by atoms with E-state index in [2.05, 4.69) is 0 Å². The van der Waals surface area contributed by atoms with Gasteiger partial charge in [-0.1, -0.05) is 0 Å². The summed E-state index contributed by atoms with van der Waals surface area (Å²) in [7, 11) is -3.57. The third kappa shape index (κ3) is 4.96. The summed E-state index contributed by atoms with van der Waals surface area (Å²) >= 11 is 0. The molecule has 0 spiro atoms. The number of sulfonamides is 1. The molecule has 0 bridgehead atoms. The molecule has 0 heterocycles. The van der Waals surface area contributed by atoms with Crippen LogP contribution in [0.1, 0.15) is 17.3 Å². The quantitative estimate of drug-likeness (QED) is 0.780. The normalized spacial score (nSPS) is 10.8. The first-order chi connectivity index (χ1) is 8.28. The lowest BCUT2D eigenvalue weighted by atomic mass is 10.1. The third-order valence-electron chi connectivity index (χ3n) is 1.93. The maximum absolute atomic E-state index is 11.1. The third-order valence-corrected chi connectivity index (χ3v) is 2.53. The monoisotopic (exact) mass is 271 g/mol. The zero-order valence-electron chi connectivity index (χ0n) is 9.97. The van der Waals surface area contributed by atoms with Crippen LogP contribution in [0.15, 0.2) is 24.3 Å². The van der Waals surface area contributed by atoms with Crippen molar-refractivity contribution >= 4 is 21.7 Å². The highest BCUT2D eigenvalue weighted by atomic mass is 32.2. The zero-order chi connectivity index (χ0) is 13.8. The molecule has 1 aromatic carbocycles. The molecular formula is C11H13NO5S. The van der Waals surface area contributed by atoms with Gasteiger partial charge < -0.3 is 4.74 Å². The van der Waals surface area contributed by atoms with Crippen LogP contribution in [-0.4, -0.2) is 33.0 Å². The second-order valence-electron chi connectivity index (χ2n) is 3.67. The first kappa shape index (κ1) is 14.2. The minimum absolute atomic E-state index is 0.0728. The first-order valence-corrected chi connectivity index (χ1v) is 6.91. The highest BCUT2D eigenvalue weighted by Crippen LogP contribution is 2.12. The summed E-state index contributed by atoms with van der Waals surface area (Å²) in [4.78, 5) is 22.1. The molecule has 0 aliphatic rings. The highest BCUT2D eigenvalue weighted by molar-refractivity contribution is 7.89. The summed E-state index contributed by atoms with van der Waals surface area (Å²) in [6.07, 6.45) is 0.882. The number of carbonyl (C=O) groups is 2. The molecular weight excluding hydrogens is 258 g/mol. The molecule has 0 saturated carbocycles. The van der Waals surface area contributed by atoms with Crippen molar-refractivity contribution in [2.24, 2.45) is 0 Å². The number of Topliss-reactive ketones (excluding diaryl/α,β-unsaturated/α-hetero) is 1. The van der Waals surface area contributed by atoms with Gasteiger partial charge in [-0.2, -0.15) is 0 Å². The van der Waals surface area contributed by atoms with E-state index in [0.29, 0.717) is 11.3 Å². The van der Waals surface area contributed by atoms with Gasteiger partial charge in [0.05, 0.1) is 6.26 Å². The van der Waals surface area contributed by atoms with E-state index in [1.807, 2.05) is 0 Å². The van der Waals surface area contributed by atoms with Gasteiger partial charge in [0.1, 0.15) is 5.75 Å². The van der Waals surface area contributed by atoms with Crippen molar-refractivity contribution in [1.82, 2.24) is 4.72 Å². The van der Waals surface area contributed by atoms with Crippen molar-refractivity contribution in [2.75, 3.05) is 12.9 Å². The highest BCUT2D eigenvalue weighted by Gasteiger charge is 2.09. The van der Waals surface area contributed by atoms with Gasteiger partial charge in [-0.05, 0) is 31.2 Å². The van der Waals surface area contributed by atoms with E-state index in [0.717, 1.165) is 6.26 Å². The van der Waals surface area contributed by atoms with Crippen LogP contribution in [0.2, 0.25) is 0 Å². The van der Waals surface area contributed by atoms with Gasteiger partial charge in [-0.25, -0.2) is 8.42 Å². The molecule has 6 nitrogen and oxygen atoms in total. The van der Waals surface area contributed by atoms with Gasteiger partial charge in [0, 0.05) is 5.56 Å². The number of hydrogen-bond acceptors (Lipinski definition) is 5. The Bertz CT molecular complexity index is 547. The standard InChI is InChI=1S/C11H13NO5S/c1-8(13)9-3-5-10(6-4-9)17-7-11(14)12-18(2,15)16/h3-6H,7H2,1-2H3,(H,12,14). The van der Waals surface area contributed by atoms with E-state index in [1.165, 1.54) is 19.1 Å². The Morgan fingerprint density at radius 1 is 1.22 bits per heavy atom. The Labute approximate surface area is 105 Å². The summed E-state index contributed by atoms with van der Waals surface area (Å²) in [5.74, 6) is -0.451. The Morgan fingerprint density at radius 3 is 2.22 bits per heavy atom. The van der Waals surface area contributed by atoms with Crippen molar-refractivity contribution in [2.45, 2.75) is 6.92 Å². The maximum atomic E-state index is 11.1. The van der Waals surface area contributed by atoms with Crippen LogP contribution in [0, 0.1) is 0 Å². The molecule has 1 amide bonds. The fourth-order valence-electron chi connectivity index (χ4n) is 1.17. The fourth-order valence-corrected chi connectivity index (χ4v) is 1.64. The number of ketones is 1. The minimum Gasteiger partial charge on any atom is -0.484 e. The second-order valence-corrected chi connectivity index (χ2v) is 5.42. The van der Waals surface area contributed by atoms with E-state index >= 15 is 0 Å². The van der Waals surface area contributed by atoms with Crippen molar-refractivity contribution in [1.29, 1.82) is 0 Å². The average molecular weight is 271 g/mol. The SMILES string of the molecule is CC(=O)c1ccc(OCC(=O)NS(C)(=O)=O)cc1. The molecule has 0 atom stereocenters. The molecule has 1 N–H and O–H groups in total. The van der Waals surface area contributed by atoms with Crippen molar-refractivity contribution in [3.8, 4) is 5.75 Å². The lowest BCUT2D eigenvalue weighted by Gasteiger charge is -2.06. The topological polar surface area (TPSA) is 89.5 Å². The molecule has 98 valence electrons. The molecule has 1 aromatic rings. The predicted molar refractivity (Wildman–Crippen MR) is 64.9 cm³/mol. The van der Waals surface area contributed by atoms with Crippen molar-refractivity contribution in [3.63, 3.8) is 0 Å². The Balaban J connectivity index is 2.54. The number of benzene rings is 1. The number of hydrogen-bond donors (Lipinski definition) is 1. The Kier molecular flexibility index (Phi) is 4.43. The Hall–Kier alpha value is -1.89. The maximum Gasteiger partial charge on any atom is 0.271 e. The fraction of sp³-hybridized carbons (Fsp3) is 0.273. The first-order valence-electron chi connectivity index (χ1n) is 5.02. The molecule has 0 radical (unpaired) electrons. The van der Waals surface area contributed by atoms with Crippen LogP contribution >= 0.6 is 0 Å². The van der Waals surface area contributed by atoms with Gasteiger partial charge in [-0.3, -0.25) is 14.3 Å². The van der Waals surface area contributed by atoms with Crippen LogP contribution in [-0.2, 0) is 14.8 Å². The van der Waals surface area contributed by atoms with E-state index in [-0.39, 0.29) is 5.78 Å². The summed E-state index contributed by atoms with van der Waals surface area (Å²) in [6, 6.07) is 6.19. The number of nitrogens with one attached hydrogen (secondary N) is 1. The van der Waals surface area contributed by atoms with Gasteiger partial charge in [0.25, 0.3) is 5.91 Å². The molecule has 0 aliphatic heterocycles. The van der Waals surface area contributed by atoms with Crippen LogP contribution in [0.4, 0.5) is 0 Å². The average Bonchev–Trinajstić information content (AvgIpc) is 2.24. The largest absolute Gasteiger partial charge is 0.484 e. The van der Waals surface area contributed by atoms with Crippen LogP contribution in [0.5, 0.6) is 5.75 Å². The van der Waals surface area contributed by atoms with Gasteiger partial charge in [-0.15, -0.1) is 0 Å². The van der Waals surface area contributed by atoms with Crippen LogP contribution < -0.4 is 9.46 Å². The molecule has 0 saturated heterocycles. The smallest absolute Gasteiger partial charge is 0.271 e. The van der Waals surface area contributed by atoms with Gasteiger partial charge in [0.15, 0.2) is 12.4 Å². The number of carbonyl (C=O) groups excluding carboxylic acids is 2. The molecule has 0 fully saturated rings. The molecule has 1 rings (SSSR count). The van der Waals surface area contributed by atoms with Gasteiger partial charge >= 0.3 is 0 Å². The molecule has 0 unspecified atom stereocenters. The Morgan fingerprint density at radius 2 is 1.78 bits per heavy atom. The van der Waals surface area contributed by atoms with Crippen molar-refractivity contribution in [3.05, 3.63) is 29.8 Å². The van der Waals surface area contributed by atoms with Crippen molar-refractivity contribution < 1.29 is 22.7 Å². The number of amides is 1. The molecule has 7 heteroatoms. The summed E-state index contributed by atoms with van der Waals surface area (Å²) < 4.78 is 28.3. The summed E-state index contributed by atoms with van der Waals surface area (Å²) in [6.45, 7) is 1.03.